The van der Waals surface area contributed by atoms with Crippen LogP contribution in [0.25, 0.3) is 0 Å². The second-order valence-electron chi connectivity index (χ2n) is 4.40. The average molecular weight is 274 g/mol. The molecule has 0 aliphatic heterocycles. The minimum Gasteiger partial charge on any atom is -0.512 e. The van der Waals surface area contributed by atoms with Crippen LogP contribution in [0.4, 0.5) is 4.53 Å². The van der Waals surface area contributed by atoms with Crippen molar-refractivity contribution in [3.63, 3.8) is 0 Å². The third-order valence-corrected chi connectivity index (χ3v) is 2.74. The van der Waals surface area contributed by atoms with Gasteiger partial charge in [0.05, 0.1) is 5.57 Å². The van der Waals surface area contributed by atoms with Gasteiger partial charge in [-0.3, -0.25) is 0 Å². The first-order chi connectivity index (χ1) is 8.97. The summed E-state index contributed by atoms with van der Waals surface area (Å²) in [6, 6.07) is 0. The van der Waals surface area contributed by atoms with Gasteiger partial charge >= 0.3 is 0 Å². The molecule has 0 aromatic rings. The molecule has 0 rings (SSSR count). The van der Waals surface area contributed by atoms with Crippen molar-refractivity contribution in [1.29, 1.82) is 0 Å². The van der Waals surface area contributed by atoms with E-state index in [1.54, 1.807) is 13.8 Å². The Kier molecular flexibility index (Phi) is 8.91. The molecule has 0 aromatic carbocycles. The topological polar surface area (TPSA) is 69.9 Å². The van der Waals surface area contributed by atoms with Gasteiger partial charge in [-0.25, -0.2) is 0 Å². The van der Waals surface area contributed by atoms with Crippen LogP contribution in [0.15, 0.2) is 34.3 Å². The molecule has 0 unspecified atom stereocenters. The molecule has 0 aliphatic rings. The van der Waals surface area contributed by atoms with Gasteiger partial charge in [-0.2, -0.15) is 4.94 Å². The van der Waals surface area contributed by atoms with Crippen LogP contribution in [0, 0.1) is 0 Å². The summed E-state index contributed by atoms with van der Waals surface area (Å²) >= 11 is 0. The smallest absolute Gasteiger partial charge is 0.123 e. The second kappa shape index (κ2) is 9.58. The normalized spacial score (nSPS) is 15.1. The van der Waals surface area contributed by atoms with Crippen molar-refractivity contribution in [3.05, 3.63) is 34.3 Å². The third kappa shape index (κ3) is 6.40. The Hall–Kier alpha value is -1.33. The molecule has 0 aliphatic carbocycles. The van der Waals surface area contributed by atoms with Crippen LogP contribution in [0.2, 0.25) is 0 Å². The average Bonchev–Trinajstić information content (AvgIpc) is 2.40. The molecule has 0 radical (unpaired) electrons. The Morgan fingerprint density at radius 1 is 1.26 bits per heavy atom. The number of hydrogen-bond acceptors (Lipinski definition) is 4. The molecule has 110 valence electrons. The summed E-state index contributed by atoms with van der Waals surface area (Å²) in [6.45, 7) is 4.86. The maximum absolute atomic E-state index is 12.0. The first-order valence-corrected chi connectivity index (χ1v) is 6.27. The van der Waals surface area contributed by atoms with E-state index in [4.69, 9.17) is 5.11 Å². The van der Waals surface area contributed by atoms with E-state index >= 15 is 0 Å². The Balaban J connectivity index is 5.09. The summed E-state index contributed by atoms with van der Waals surface area (Å²) < 4.78 is 12.0. The van der Waals surface area contributed by atoms with E-state index < -0.39 is 6.61 Å². The highest BCUT2D eigenvalue weighted by molar-refractivity contribution is 5.33. The quantitative estimate of drug-likeness (QED) is 0.359. The highest BCUT2D eigenvalue weighted by atomic mass is 19.3. The molecular formula is C14H23FO4. The van der Waals surface area contributed by atoms with Gasteiger partial charge in [-0.15, -0.1) is 0 Å². The summed E-state index contributed by atoms with van der Waals surface area (Å²) in [5.41, 5.74) is 1.66. The van der Waals surface area contributed by atoms with Crippen molar-refractivity contribution in [2.75, 3.05) is 13.2 Å². The lowest BCUT2D eigenvalue weighted by Gasteiger charge is -2.11. The molecule has 0 spiro atoms. The molecule has 0 heterocycles. The minimum absolute atomic E-state index is 0.0671. The highest BCUT2D eigenvalue weighted by Crippen LogP contribution is 2.22. The number of aliphatic hydroxyl groups is 3. The molecular weight excluding hydrogens is 251 g/mol. The standard InChI is InChI=1S/C14H23FO4/c1-4-13(17)12(9-19-15)14(18)11(3)8-10(2)6-5-7-16/h6,16-18H,4-5,7-9H2,1-3H3/b10-6+,13-12+,14-11-. The van der Waals surface area contributed by atoms with Crippen LogP contribution < -0.4 is 0 Å². The molecule has 0 saturated carbocycles. The van der Waals surface area contributed by atoms with Crippen LogP contribution in [-0.2, 0) is 4.94 Å². The van der Waals surface area contributed by atoms with Gasteiger partial charge in [0.25, 0.3) is 0 Å². The molecule has 4 nitrogen and oxygen atoms in total. The molecule has 0 atom stereocenters. The molecule has 0 bridgehead atoms. The van der Waals surface area contributed by atoms with Gasteiger partial charge in [0.2, 0.25) is 0 Å². The maximum atomic E-state index is 12.0. The SMILES string of the molecule is CC/C(O)=C(COF)\C(O)=C(/C)C/C(C)=C/CCO. The molecule has 19 heavy (non-hydrogen) atoms. The first-order valence-electron chi connectivity index (χ1n) is 6.27. The van der Waals surface area contributed by atoms with Crippen LogP contribution in [0.1, 0.15) is 40.0 Å². The summed E-state index contributed by atoms with van der Waals surface area (Å²) in [5.74, 6) is -0.236. The number of allylic oxidation sites excluding steroid dienone is 3. The monoisotopic (exact) mass is 274 g/mol. The van der Waals surface area contributed by atoms with Crippen LogP contribution in [-0.4, -0.2) is 28.5 Å². The third-order valence-electron chi connectivity index (χ3n) is 2.74. The fourth-order valence-electron chi connectivity index (χ4n) is 1.70. The van der Waals surface area contributed by atoms with E-state index in [-0.39, 0.29) is 30.1 Å². The van der Waals surface area contributed by atoms with Gasteiger partial charge in [0.15, 0.2) is 0 Å². The lowest BCUT2D eigenvalue weighted by Crippen LogP contribution is -2.04. The second-order valence-corrected chi connectivity index (χ2v) is 4.40. The number of halogens is 1. The van der Waals surface area contributed by atoms with E-state index in [0.29, 0.717) is 18.4 Å². The zero-order chi connectivity index (χ0) is 14.8. The largest absolute Gasteiger partial charge is 0.512 e. The summed E-state index contributed by atoms with van der Waals surface area (Å²) in [7, 11) is 0. The van der Waals surface area contributed by atoms with E-state index in [1.165, 1.54) is 0 Å². The number of hydrogen-bond donors (Lipinski definition) is 3. The van der Waals surface area contributed by atoms with E-state index in [2.05, 4.69) is 4.94 Å². The van der Waals surface area contributed by atoms with Crippen LogP contribution >= 0.6 is 0 Å². The summed E-state index contributed by atoms with van der Waals surface area (Å²) in [4.78, 5) is 3.51. The Morgan fingerprint density at radius 3 is 2.37 bits per heavy atom. The minimum atomic E-state index is -0.484. The Bertz CT molecular complexity index is 370. The molecule has 0 fully saturated rings. The molecule has 5 heteroatoms. The van der Waals surface area contributed by atoms with Crippen LogP contribution in [0.3, 0.4) is 0 Å². The zero-order valence-electron chi connectivity index (χ0n) is 11.7. The Labute approximate surface area is 113 Å². The van der Waals surface area contributed by atoms with Crippen molar-refractivity contribution in [3.8, 4) is 0 Å². The fraction of sp³-hybridized carbons (Fsp3) is 0.571. The zero-order valence-corrected chi connectivity index (χ0v) is 11.7. The van der Waals surface area contributed by atoms with Crippen molar-refractivity contribution >= 4 is 0 Å². The Morgan fingerprint density at radius 2 is 1.89 bits per heavy atom. The van der Waals surface area contributed by atoms with Crippen molar-refractivity contribution in [1.82, 2.24) is 0 Å². The van der Waals surface area contributed by atoms with Crippen molar-refractivity contribution in [2.24, 2.45) is 0 Å². The van der Waals surface area contributed by atoms with Gasteiger partial charge in [-0.05, 0) is 36.8 Å². The number of aliphatic hydroxyl groups excluding tert-OH is 3. The van der Waals surface area contributed by atoms with Crippen LogP contribution in [0.5, 0.6) is 0 Å². The highest BCUT2D eigenvalue weighted by Gasteiger charge is 2.13. The molecule has 0 amide bonds. The fourth-order valence-corrected chi connectivity index (χ4v) is 1.70. The molecule has 3 N–H and O–H groups in total. The van der Waals surface area contributed by atoms with Crippen molar-refractivity contribution in [2.45, 2.75) is 40.0 Å². The predicted octanol–water partition coefficient (Wildman–Crippen LogP) is 3.66. The predicted molar refractivity (Wildman–Crippen MR) is 72.4 cm³/mol. The van der Waals surface area contributed by atoms with Gasteiger partial charge < -0.3 is 15.3 Å². The van der Waals surface area contributed by atoms with Gasteiger partial charge in [0, 0.05) is 13.0 Å². The van der Waals surface area contributed by atoms with E-state index in [9.17, 15) is 14.7 Å². The van der Waals surface area contributed by atoms with E-state index in [0.717, 1.165) is 5.57 Å². The van der Waals surface area contributed by atoms with Gasteiger partial charge in [-0.1, -0.05) is 18.6 Å². The van der Waals surface area contributed by atoms with E-state index in [1.807, 2.05) is 13.0 Å². The number of rotatable bonds is 8. The maximum Gasteiger partial charge on any atom is 0.123 e. The molecule has 0 aromatic heterocycles. The summed E-state index contributed by atoms with van der Waals surface area (Å²) in [6.07, 6.45) is 3.19. The van der Waals surface area contributed by atoms with Crippen molar-refractivity contribution < 1.29 is 24.8 Å². The lowest BCUT2D eigenvalue weighted by molar-refractivity contribution is -0.121. The lowest BCUT2D eigenvalue weighted by atomic mass is 10.0. The summed E-state index contributed by atoms with van der Waals surface area (Å²) in [5, 5.41) is 28.4. The molecule has 0 saturated heterocycles. The van der Waals surface area contributed by atoms with Gasteiger partial charge in [0.1, 0.15) is 18.1 Å². The first kappa shape index (κ1) is 17.7.